The van der Waals surface area contributed by atoms with E-state index in [4.69, 9.17) is 11.5 Å². The Morgan fingerprint density at radius 2 is 2.00 bits per heavy atom. The van der Waals surface area contributed by atoms with E-state index in [9.17, 15) is 5.26 Å². The van der Waals surface area contributed by atoms with Crippen molar-refractivity contribution < 1.29 is 0 Å². The number of thiazole rings is 1. The second-order valence-corrected chi connectivity index (χ2v) is 7.45. The molecule has 0 unspecified atom stereocenters. The van der Waals surface area contributed by atoms with E-state index in [0.29, 0.717) is 22.3 Å². The molecule has 3 aromatic rings. The van der Waals surface area contributed by atoms with E-state index in [1.165, 1.54) is 11.8 Å². The first-order chi connectivity index (χ1) is 12.0. The van der Waals surface area contributed by atoms with Crippen LogP contribution in [0.15, 0.2) is 28.7 Å². The van der Waals surface area contributed by atoms with E-state index in [1.54, 1.807) is 17.4 Å². The summed E-state index contributed by atoms with van der Waals surface area (Å²) in [7, 11) is 0. The maximum absolute atomic E-state index is 9.44. The molecule has 0 aliphatic heterocycles. The van der Waals surface area contributed by atoms with Crippen molar-refractivity contribution in [2.24, 2.45) is 0 Å². The molecule has 0 saturated heterocycles. The summed E-state index contributed by atoms with van der Waals surface area (Å²) < 4.78 is 0. The number of thioether (sulfide) groups is 1. The summed E-state index contributed by atoms with van der Waals surface area (Å²) in [6.45, 7) is 3.88. The largest absolute Gasteiger partial charge is 0.399 e. The maximum atomic E-state index is 9.44. The lowest BCUT2D eigenvalue weighted by molar-refractivity contribution is 0.973. The number of nitrogens with two attached hydrogens (primary N) is 2. The van der Waals surface area contributed by atoms with Crippen LogP contribution in [0.5, 0.6) is 0 Å². The molecule has 2 aromatic heterocycles. The number of rotatable bonds is 4. The number of nitriles is 1. The first kappa shape index (κ1) is 17.2. The van der Waals surface area contributed by atoms with Gasteiger partial charge in [0, 0.05) is 22.4 Å². The molecule has 0 bridgehead atoms. The van der Waals surface area contributed by atoms with Gasteiger partial charge in [-0.25, -0.2) is 15.0 Å². The summed E-state index contributed by atoms with van der Waals surface area (Å²) in [5.41, 5.74) is 16.0. The number of anilines is 2. The lowest BCUT2D eigenvalue weighted by atomic mass is 10.0. The Kier molecular flexibility index (Phi) is 4.88. The van der Waals surface area contributed by atoms with Crippen LogP contribution in [0.1, 0.15) is 21.8 Å². The van der Waals surface area contributed by atoms with Crippen LogP contribution in [0.3, 0.4) is 0 Å². The van der Waals surface area contributed by atoms with Crippen LogP contribution in [0.2, 0.25) is 0 Å². The molecular formula is C17H16N6S2. The second-order valence-electron chi connectivity index (χ2n) is 5.44. The highest BCUT2D eigenvalue weighted by Gasteiger charge is 2.15. The first-order valence-corrected chi connectivity index (χ1v) is 9.32. The van der Waals surface area contributed by atoms with Gasteiger partial charge in [-0.15, -0.1) is 11.3 Å². The number of nitrogens with zero attached hydrogens (tertiary/aromatic N) is 4. The molecule has 0 atom stereocenters. The van der Waals surface area contributed by atoms with Crippen LogP contribution in [0, 0.1) is 25.2 Å². The lowest BCUT2D eigenvalue weighted by Crippen LogP contribution is -2.03. The maximum Gasteiger partial charge on any atom is 0.190 e. The molecular weight excluding hydrogens is 352 g/mol. The third-order valence-corrected chi connectivity index (χ3v) is 5.29. The monoisotopic (exact) mass is 368 g/mol. The highest BCUT2D eigenvalue weighted by Crippen LogP contribution is 2.30. The van der Waals surface area contributed by atoms with E-state index in [0.717, 1.165) is 21.8 Å². The molecule has 0 aliphatic carbocycles. The number of aryl methyl sites for hydroxylation is 2. The normalized spacial score (nSPS) is 10.6. The molecule has 3 rings (SSSR count). The number of hydrogen-bond acceptors (Lipinski definition) is 8. The fourth-order valence-corrected chi connectivity index (χ4v) is 3.74. The van der Waals surface area contributed by atoms with Gasteiger partial charge in [-0.1, -0.05) is 17.8 Å². The molecule has 4 N–H and O–H groups in total. The van der Waals surface area contributed by atoms with Gasteiger partial charge in [0.25, 0.3) is 0 Å². The molecule has 2 heterocycles. The molecule has 0 radical (unpaired) electrons. The van der Waals surface area contributed by atoms with E-state index in [2.05, 4.69) is 21.0 Å². The SMILES string of the molecule is Cc1nc(CSc2nc(N)c(C#N)c(-c3ccc(N)c(C)c3)n2)cs1. The van der Waals surface area contributed by atoms with Crippen LogP contribution in [0.4, 0.5) is 11.5 Å². The first-order valence-electron chi connectivity index (χ1n) is 7.46. The quantitative estimate of drug-likeness (QED) is 0.411. The third kappa shape index (κ3) is 3.73. The van der Waals surface area contributed by atoms with Gasteiger partial charge in [-0.3, -0.25) is 0 Å². The Morgan fingerprint density at radius 1 is 1.20 bits per heavy atom. The van der Waals surface area contributed by atoms with Gasteiger partial charge >= 0.3 is 0 Å². The summed E-state index contributed by atoms with van der Waals surface area (Å²) in [6.07, 6.45) is 0. The fourth-order valence-electron chi connectivity index (χ4n) is 2.28. The Hall–Kier alpha value is -2.63. The topological polar surface area (TPSA) is 114 Å². The van der Waals surface area contributed by atoms with Gasteiger partial charge in [-0.05, 0) is 31.5 Å². The average Bonchev–Trinajstić information content (AvgIpc) is 3.00. The van der Waals surface area contributed by atoms with Crippen molar-refractivity contribution in [3.8, 4) is 17.3 Å². The molecule has 0 fully saturated rings. The van der Waals surface area contributed by atoms with Crippen LogP contribution in [-0.4, -0.2) is 15.0 Å². The zero-order valence-electron chi connectivity index (χ0n) is 13.8. The number of hydrogen-bond donors (Lipinski definition) is 2. The summed E-state index contributed by atoms with van der Waals surface area (Å²) in [5, 5.41) is 13.0. The number of aromatic nitrogens is 3. The highest BCUT2D eigenvalue weighted by molar-refractivity contribution is 7.98. The number of nitrogen functional groups attached to an aromatic ring is 2. The molecule has 0 spiro atoms. The molecule has 25 heavy (non-hydrogen) atoms. The zero-order valence-corrected chi connectivity index (χ0v) is 15.4. The molecule has 6 nitrogen and oxygen atoms in total. The molecule has 8 heteroatoms. The Morgan fingerprint density at radius 3 is 2.64 bits per heavy atom. The minimum absolute atomic E-state index is 0.180. The van der Waals surface area contributed by atoms with E-state index < -0.39 is 0 Å². The molecule has 0 saturated carbocycles. The zero-order chi connectivity index (χ0) is 18.0. The highest BCUT2D eigenvalue weighted by atomic mass is 32.2. The summed E-state index contributed by atoms with van der Waals surface area (Å²) >= 11 is 3.05. The van der Waals surface area contributed by atoms with Gasteiger partial charge < -0.3 is 11.5 Å². The summed E-state index contributed by atoms with van der Waals surface area (Å²) in [4.78, 5) is 13.2. The van der Waals surface area contributed by atoms with E-state index >= 15 is 0 Å². The van der Waals surface area contributed by atoms with Crippen molar-refractivity contribution in [1.82, 2.24) is 15.0 Å². The van der Waals surface area contributed by atoms with Gasteiger partial charge in [0.2, 0.25) is 0 Å². The average molecular weight is 368 g/mol. The van der Waals surface area contributed by atoms with Gasteiger partial charge in [0.15, 0.2) is 5.16 Å². The standard InChI is InChI=1S/C17H16N6S2/c1-9-5-11(3-4-14(9)19)15-13(6-18)16(20)23-17(22-15)25-8-12-7-24-10(2)21-12/h3-5,7H,8,19H2,1-2H3,(H2,20,22,23). The van der Waals surface area contributed by atoms with Crippen molar-refractivity contribution in [3.05, 3.63) is 45.4 Å². The number of benzene rings is 1. The predicted octanol–water partition coefficient (Wildman–Crippen LogP) is 3.55. The van der Waals surface area contributed by atoms with Crippen molar-refractivity contribution in [2.75, 3.05) is 11.5 Å². The van der Waals surface area contributed by atoms with Crippen molar-refractivity contribution in [3.63, 3.8) is 0 Å². The Bertz CT molecular complexity index is 974. The lowest BCUT2D eigenvalue weighted by Gasteiger charge is -2.10. The van der Waals surface area contributed by atoms with Gasteiger partial charge in [0.05, 0.1) is 16.4 Å². The minimum Gasteiger partial charge on any atom is -0.399 e. The van der Waals surface area contributed by atoms with Crippen molar-refractivity contribution >= 4 is 34.6 Å². The summed E-state index contributed by atoms with van der Waals surface area (Å²) in [6, 6.07) is 7.64. The third-order valence-electron chi connectivity index (χ3n) is 3.59. The molecule has 126 valence electrons. The predicted molar refractivity (Wildman–Crippen MR) is 102 cm³/mol. The van der Waals surface area contributed by atoms with Crippen LogP contribution >= 0.6 is 23.1 Å². The fraction of sp³-hybridized carbons (Fsp3) is 0.176. The van der Waals surface area contributed by atoms with Crippen molar-refractivity contribution in [1.29, 1.82) is 5.26 Å². The minimum atomic E-state index is 0.180. The smallest absolute Gasteiger partial charge is 0.190 e. The van der Waals surface area contributed by atoms with Gasteiger partial charge in [0.1, 0.15) is 17.5 Å². The van der Waals surface area contributed by atoms with Crippen LogP contribution in [-0.2, 0) is 5.75 Å². The van der Waals surface area contributed by atoms with Crippen LogP contribution < -0.4 is 11.5 Å². The summed E-state index contributed by atoms with van der Waals surface area (Å²) in [5.74, 6) is 0.828. The molecule has 0 aliphatic rings. The molecule has 1 aromatic carbocycles. The van der Waals surface area contributed by atoms with Crippen LogP contribution in [0.25, 0.3) is 11.3 Å². The van der Waals surface area contributed by atoms with E-state index in [-0.39, 0.29) is 11.4 Å². The Labute approximate surface area is 154 Å². The second kappa shape index (κ2) is 7.09. The Balaban J connectivity index is 1.97. The van der Waals surface area contributed by atoms with Crippen molar-refractivity contribution in [2.45, 2.75) is 24.8 Å². The molecule has 0 amide bonds. The van der Waals surface area contributed by atoms with E-state index in [1.807, 2.05) is 31.4 Å². The van der Waals surface area contributed by atoms with Gasteiger partial charge in [-0.2, -0.15) is 5.26 Å².